The molecule has 5 nitrogen and oxygen atoms in total. The molecule has 1 aliphatic rings. The number of aromatic nitrogens is 1. The van der Waals surface area contributed by atoms with Gasteiger partial charge in [0.15, 0.2) is 5.96 Å². The van der Waals surface area contributed by atoms with Crippen LogP contribution in [-0.4, -0.2) is 30.6 Å². The van der Waals surface area contributed by atoms with Gasteiger partial charge in [-0.05, 0) is 68.0 Å². The smallest absolute Gasteiger partial charge is 0.191 e. The lowest BCUT2D eigenvalue weighted by atomic mass is 10.1. The highest BCUT2D eigenvalue weighted by atomic mass is 19.1. The van der Waals surface area contributed by atoms with Gasteiger partial charge in [0.2, 0.25) is 0 Å². The van der Waals surface area contributed by atoms with Gasteiger partial charge in [-0.15, -0.1) is 0 Å². The molecule has 28 heavy (non-hydrogen) atoms. The second kappa shape index (κ2) is 10.1. The molecule has 2 aromatic rings. The van der Waals surface area contributed by atoms with E-state index < -0.39 is 0 Å². The van der Waals surface area contributed by atoms with Gasteiger partial charge in [0.1, 0.15) is 11.6 Å². The first-order chi connectivity index (χ1) is 13.7. The number of nitrogens with zero attached hydrogens (tertiary/aromatic N) is 3. The number of rotatable bonds is 6. The van der Waals surface area contributed by atoms with E-state index in [1.165, 1.54) is 24.8 Å². The molecule has 0 radical (unpaired) electrons. The van der Waals surface area contributed by atoms with Crippen molar-refractivity contribution in [3.63, 3.8) is 0 Å². The summed E-state index contributed by atoms with van der Waals surface area (Å²) in [5.41, 5.74) is 2.68. The Bertz CT molecular complexity index is 799. The summed E-state index contributed by atoms with van der Waals surface area (Å²) in [5, 5.41) is 6.61. The molecular formula is C22H30FN5. The third kappa shape index (κ3) is 5.68. The van der Waals surface area contributed by atoms with Crippen LogP contribution in [0.3, 0.4) is 0 Å². The van der Waals surface area contributed by atoms with Crippen LogP contribution < -0.4 is 15.5 Å². The fourth-order valence-corrected chi connectivity index (χ4v) is 3.30. The number of aliphatic imine (C=N–C) groups is 1. The molecule has 1 saturated heterocycles. The van der Waals surface area contributed by atoms with Gasteiger partial charge in [-0.1, -0.05) is 12.1 Å². The normalized spacial score (nSPS) is 14.8. The number of piperidine rings is 1. The largest absolute Gasteiger partial charge is 0.357 e. The molecule has 0 amide bonds. The molecule has 150 valence electrons. The Kier molecular flexibility index (Phi) is 7.23. The van der Waals surface area contributed by atoms with Crippen molar-refractivity contribution in [1.29, 1.82) is 0 Å². The van der Waals surface area contributed by atoms with Crippen LogP contribution in [0.25, 0.3) is 0 Å². The molecule has 1 aromatic carbocycles. The molecule has 0 saturated carbocycles. The third-order valence-corrected chi connectivity index (χ3v) is 4.95. The minimum Gasteiger partial charge on any atom is -0.357 e. The molecule has 1 aromatic heterocycles. The maximum absolute atomic E-state index is 13.7. The lowest BCUT2D eigenvalue weighted by Crippen LogP contribution is -2.37. The van der Waals surface area contributed by atoms with E-state index in [9.17, 15) is 4.39 Å². The molecule has 0 spiro atoms. The highest BCUT2D eigenvalue weighted by Crippen LogP contribution is 2.18. The minimum atomic E-state index is -0.187. The van der Waals surface area contributed by atoms with Gasteiger partial charge >= 0.3 is 0 Å². The Labute approximate surface area is 167 Å². The van der Waals surface area contributed by atoms with E-state index in [2.05, 4.69) is 31.6 Å². The SMILES string of the molecule is CCNC(=NCc1ccc(C)c(F)c1)NCc1ccnc(N2CCCCC2)c1. The fourth-order valence-electron chi connectivity index (χ4n) is 3.30. The van der Waals surface area contributed by atoms with Crippen molar-refractivity contribution >= 4 is 11.8 Å². The van der Waals surface area contributed by atoms with Gasteiger partial charge in [-0.2, -0.15) is 0 Å². The van der Waals surface area contributed by atoms with Gasteiger partial charge in [0, 0.05) is 32.4 Å². The highest BCUT2D eigenvalue weighted by Gasteiger charge is 2.12. The maximum atomic E-state index is 13.7. The summed E-state index contributed by atoms with van der Waals surface area (Å²) in [5.74, 6) is 1.59. The lowest BCUT2D eigenvalue weighted by molar-refractivity contribution is 0.573. The van der Waals surface area contributed by atoms with Crippen LogP contribution in [0.5, 0.6) is 0 Å². The van der Waals surface area contributed by atoms with Crippen molar-refractivity contribution in [3.8, 4) is 0 Å². The molecule has 0 unspecified atom stereocenters. The Morgan fingerprint density at radius 3 is 2.68 bits per heavy atom. The molecule has 2 N–H and O–H groups in total. The fraction of sp³-hybridized carbons (Fsp3) is 0.455. The Morgan fingerprint density at radius 1 is 1.11 bits per heavy atom. The van der Waals surface area contributed by atoms with Crippen molar-refractivity contribution in [1.82, 2.24) is 15.6 Å². The van der Waals surface area contributed by atoms with Crippen LogP contribution in [0.2, 0.25) is 0 Å². The van der Waals surface area contributed by atoms with Gasteiger partial charge in [-0.25, -0.2) is 14.4 Å². The van der Waals surface area contributed by atoms with Crippen LogP contribution in [0.15, 0.2) is 41.5 Å². The van der Waals surface area contributed by atoms with Crippen molar-refractivity contribution in [3.05, 3.63) is 59.0 Å². The molecule has 6 heteroatoms. The molecule has 2 heterocycles. The molecule has 0 aliphatic carbocycles. The summed E-state index contributed by atoms with van der Waals surface area (Å²) < 4.78 is 13.7. The maximum Gasteiger partial charge on any atom is 0.191 e. The zero-order chi connectivity index (χ0) is 19.8. The van der Waals surface area contributed by atoms with Crippen LogP contribution in [-0.2, 0) is 13.1 Å². The van der Waals surface area contributed by atoms with Crippen LogP contribution >= 0.6 is 0 Å². The number of anilines is 1. The van der Waals surface area contributed by atoms with Gasteiger partial charge < -0.3 is 15.5 Å². The first kappa shape index (κ1) is 20.1. The number of pyridine rings is 1. The zero-order valence-corrected chi connectivity index (χ0v) is 16.8. The molecule has 3 rings (SSSR count). The molecule has 0 bridgehead atoms. The van der Waals surface area contributed by atoms with Gasteiger partial charge in [0.05, 0.1) is 6.54 Å². The average Bonchev–Trinajstić information content (AvgIpc) is 2.73. The van der Waals surface area contributed by atoms with Crippen molar-refractivity contribution in [2.45, 2.75) is 46.2 Å². The summed E-state index contributed by atoms with van der Waals surface area (Å²) in [6, 6.07) is 9.44. The summed E-state index contributed by atoms with van der Waals surface area (Å²) in [6.07, 6.45) is 5.66. The Balaban J connectivity index is 1.61. The van der Waals surface area contributed by atoms with E-state index in [0.29, 0.717) is 18.7 Å². The zero-order valence-electron chi connectivity index (χ0n) is 16.8. The number of hydrogen-bond donors (Lipinski definition) is 2. The first-order valence-electron chi connectivity index (χ1n) is 10.1. The number of halogens is 1. The quantitative estimate of drug-likeness (QED) is 0.589. The van der Waals surface area contributed by atoms with Crippen molar-refractivity contribution in [2.75, 3.05) is 24.5 Å². The second-order valence-electron chi connectivity index (χ2n) is 7.20. The average molecular weight is 384 g/mol. The number of aryl methyl sites for hydroxylation is 1. The third-order valence-electron chi connectivity index (χ3n) is 4.95. The summed E-state index contributed by atoms with van der Waals surface area (Å²) in [6.45, 7) is 7.83. The van der Waals surface area contributed by atoms with E-state index >= 15 is 0 Å². The van der Waals surface area contributed by atoms with E-state index in [4.69, 9.17) is 0 Å². The number of hydrogen-bond acceptors (Lipinski definition) is 3. The van der Waals surface area contributed by atoms with E-state index in [1.54, 1.807) is 19.1 Å². The molecular weight excluding hydrogens is 353 g/mol. The van der Waals surface area contributed by atoms with E-state index in [-0.39, 0.29) is 5.82 Å². The lowest BCUT2D eigenvalue weighted by Gasteiger charge is -2.28. The Morgan fingerprint density at radius 2 is 1.93 bits per heavy atom. The summed E-state index contributed by atoms with van der Waals surface area (Å²) in [7, 11) is 0. The van der Waals surface area contributed by atoms with Crippen molar-refractivity contribution < 1.29 is 4.39 Å². The van der Waals surface area contributed by atoms with E-state index in [1.807, 2.05) is 25.3 Å². The first-order valence-corrected chi connectivity index (χ1v) is 10.1. The summed E-state index contributed by atoms with van der Waals surface area (Å²) >= 11 is 0. The molecule has 0 atom stereocenters. The van der Waals surface area contributed by atoms with Gasteiger partial charge in [-0.3, -0.25) is 0 Å². The highest BCUT2D eigenvalue weighted by molar-refractivity contribution is 5.79. The molecule has 1 fully saturated rings. The van der Waals surface area contributed by atoms with Crippen LogP contribution in [0.1, 0.15) is 42.9 Å². The topological polar surface area (TPSA) is 52.6 Å². The monoisotopic (exact) mass is 383 g/mol. The predicted molar refractivity (Wildman–Crippen MR) is 113 cm³/mol. The number of guanidine groups is 1. The van der Waals surface area contributed by atoms with Crippen LogP contribution in [0, 0.1) is 12.7 Å². The van der Waals surface area contributed by atoms with Crippen LogP contribution in [0.4, 0.5) is 10.2 Å². The Hall–Kier alpha value is -2.63. The summed E-state index contributed by atoms with van der Waals surface area (Å²) in [4.78, 5) is 11.5. The number of nitrogens with one attached hydrogen (secondary N) is 2. The molecule has 1 aliphatic heterocycles. The minimum absolute atomic E-state index is 0.187. The van der Waals surface area contributed by atoms with E-state index in [0.717, 1.165) is 37.0 Å². The van der Waals surface area contributed by atoms with Crippen molar-refractivity contribution in [2.24, 2.45) is 4.99 Å². The second-order valence-corrected chi connectivity index (χ2v) is 7.20. The standard InChI is InChI=1S/C22H30FN5/c1-3-24-22(26-15-18-8-7-17(2)20(23)13-18)27-16-19-9-10-25-21(14-19)28-11-5-4-6-12-28/h7-10,13-14H,3-6,11-12,15-16H2,1-2H3,(H2,24,26,27). The predicted octanol–water partition coefficient (Wildman–Crippen LogP) is 3.77. The number of benzene rings is 1. The van der Waals surface area contributed by atoms with Gasteiger partial charge in [0.25, 0.3) is 0 Å².